The van der Waals surface area contributed by atoms with E-state index in [4.69, 9.17) is 21.3 Å². The Kier molecular flexibility index (Phi) is 5.64. The van der Waals surface area contributed by atoms with Crippen LogP contribution < -0.4 is 4.74 Å². The molecule has 2 aromatic carbocycles. The summed E-state index contributed by atoms with van der Waals surface area (Å²) in [7, 11) is 2.01. The van der Waals surface area contributed by atoms with Gasteiger partial charge in [-0.3, -0.25) is 4.79 Å². The minimum absolute atomic E-state index is 0.134. The molecule has 5 heteroatoms. The summed E-state index contributed by atoms with van der Waals surface area (Å²) in [5, 5.41) is 0.653. The average molecular weight is 411 g/mol. The second-order valence-electron chi connectivity index (χ2n) is 8.23. The molecule has 152 valence electrons. The number of Topliss-reactive ketones (excluding diaryl/α,β-unsaturated/α-hetero) is 1. The Balaban J connectivity index is 1.55. The number of benzene rings is 2. The van der Waals surface area contributed by atoms with Gasteiger partial charge in [-0.05, 0) is 45.1 Å². The molecule has 0 amide bonds. The maximum Gasteiger partial charge on any atom is 0.132 e. The lowest BCUT2D eigenvalue weighted by molar-refractivity contribution is -0.122. The van der Waals surface area contributed by atoms with Crippen molar-refractivity contribution in [1.29, 1.82) is 0 Å². The van der Waals surface area contributed by atoms with Crippen LogP contribution in [0, 0.1) is 12.8 Å². The summed E-state index contributed by atoms with van der Waals surface area (Å²) in [5.41, 5.74) is 4.27. The first-order valence-corrected chi connectivity index (χ1v) is 10.7. The second-order valence-corrected chi connectivity index (χ2v) is 8.64. The monoisotopic (exact) mass is 410 g/mol. The van der Waals surface area contributed by atoms with Crippen LogP contribution in [0.3, 0.4) is 0 Å². The number of rotatable bonds is 5. The van der Waals surface area contributed by atoms with E-state index in [-0.39, 0.29) is 12.0 Å². The molecular formula is C24H27ClN2O2. The van der Waals surface area contributed by atoms with Crippen LogP contribution in [0.5, 0.6) is 5.75 Å². The van der Waals surface area contributed by atoms with E-state index in [9.17, 15) is 4.79 Å². The summed E-state index contributed by atoms with van der Waals surface area (Å²) in [6, 6.07) is 12.4. The zero-order valence-corrected chi connectivity index (χ0v) is 18.0. The largest absolute Gasteiger partial charge is 0.490 e. The van der Waals surface area contributed by atoms with Crippen LogP contribution in [0.15, 0.2) is 36.4 Å². The molecule has 29 heavy (non-hydrogen) atoms. The second kappa shape index (κ2) is 8.19. The van der Waals surface area contributed by atoms with Crippen molar-refractivity contribution in [3.05, 3.63) is 58.4 Å². The summed E-state index contributed by atoms with van der Waals surface area (Å²) in [6.07, 6.45) is 4.51. The lowest BCUT2D eigenvalue weighted by atomic mass is 9.85. The summed E-state index contributed by atoms with van der Waals surface area (Å²) in [5.74, 6) is 2.23. The van der Waals surface area contributed by atoms with Gasteiger partial charge >= 0.3 is 0 Å². The van der Waals surface area contributed by atoms with Crippen LogP contribution in [-0.2, 0) is 18.3 Å². The fourth-order valence-electron chi connectivity index (χ4n) is 4.33. The Bertz CT molecular complexity index is 1050. The molecule has 0 radical (unpaired) electrons. The smallest absolute Gasteiger partial charge is 0.132 e. The third-order valence-electron chi connectivity index (χ3n) is 5.99. The molecule has 0 aliphatic heterocycles. The fourth-order valence-corrected chi connectivity index (χ4v) is 4.66. The van der Waals surface area contributed by atoms with E-state index in [0.717, 1.165) is 54.7 Å². The number of halogens is 1. The predicted molar refractivity (Wildman–Crippen MR) is 117 cm³/mol. The number of aryl methyl sites for hydroxylation is 2. The van der Waals surface area contributed by atoms with Crippen molar-refractivity contribution < 1.29 is 9.53 Å². The summed E-state index contributed by atoms with van der Waals surface area (Å²) in [6.45, 7) is 3.79. The minimum Gasteiger partial charge on any atom is -0.490 e. The highest BCUT2D eigenvalue weighted by molar-refractivity contribution is 6.35. The Morgan fingerprint density at radius 2 is 1.97 bits per heavy atom. The van der Waals surface area contributed by atoms with Crippen molar-refractivity contribution in [3.8, 4) is 5.75 Å². The van der Waals surface area contributed by atoms with Crippen LogP contribution in [0.2, 0.25) is 5.02 Å². The summed E-state index contributed by atoms with van der Waals surface area (Å²) < 4.78 is 8.28. The number of imidazole rings is 1. The number of aromatic nitrogens is 2. The van der Waals surface area contributed by atoms with Crippen LogP contribution in [-0.4, -0.2) is 21.4 Å². The SMILES string of the molecule is CC(=O)C1CCC(Oc2cc(Cl)c3c(c2)nc(Cc2cccc(C)c2)n3C)CC1. The maximum atomic E-state index is 11.6. The molecule has 0 bridgehead atoms. The molecular weight excluding hydrogens is 384 g/mol. The van der Waals surface area contributed by atoms with Gasteiger partial charge in [0.15, 0.2) is 0 Å². The summed E-state index contributed by atoms with van der Waals surface area (Å²) >= 11 is 6.61. The quantitative estimate of drug-likeness (QED) is 0.545. The van der Waals surface area contributed by atoms with Gasteiger partial charge in [0, 0.05) is 31.5 Å². The Labute approximate surface area is 176 Å². The number of carbonyl (C=O) groups is 1. The molecule has 0 saturated heterocycles. The lowest BCUT2D eigenvalue weighted by Gasteiger charge is -2.27. The highest BCUT2D eigenvalue weighted by Crippen LogP contribution is 2.33. The Morgan fingerprint density at radius 1 is 1.21 bits per heavy atom. The highest BCUT2D eigenvalue weighted by Gasteiger charge is 2.25. The molecule has 0 N–H and O–H groups in total. The van der Waals surface area contributed by atoms with E-state index in [1.165, 1.54) is 11.1 Å². The average Bonchev–Trinajstić information content (AvgIpc) is 2.98. The van der Waals surface area contributed by atoms with Gasteiger partial charge in [-0.15, -0.1) is 0 Å². The number of nitrogens with zero attached hydrogens (tertiary/aromatic N) is 2. The first-order chi connectivity index (χ1) is 13.9. The molecule has 1 fully saturated rings. The topological polar surface area (TPSA) is 44.1 Å². The van der Waals surface area contributed by atoms with Gasteiger partial charge < -0.3 is 9.30 Å². The molecule has 1 aliphatic carbocycles. The predicted octanol–water partition coefficient (Wildman–Crippen LogP) is 5.65. The number of fused-ring (bicyclic) bond motifs is 1. The standard InChI is InChI=1S/C24H27ClN2O2/c1-15-5-4-6-17(11-15)12-23-26-22-14-20(13-21(25)24(22)27(23)3)29-19-9-7-18(8-10-19)16(2)28/h4-6,11,13-14,18-19H,7-10,12H2,1-3H3. The van der Waals surface area contributed by atoms with Gasteiger partial charge in [-0.2, -0.15) is 0 Å². The lowest BCUT2D eigenvalue weighted by Crippen LogP contribution is -2.27. The van der Waals surface area contributed by atoms with Gasteiger partial charge in [-0.25, -0.2) is 4.98 Å². The number of ketones is 1. The third kappa shape index (κ3) is 4.32. The van der Waals surface area contributed by atoms with E-state index in [2.05, 4.69) is 35.8 Å². The number of hydrogen-bond acceptors (Lipinski definition) is 3. The van der Waals surface area contributed by atoms with Crippen LogP contribution in [0.1, 0.15) is 49.6 Å². The number of ether oxygens (including phenoxy) is 1. The Morgan fingerprint density at radius 3 is 2.66 bits per heavy atom. The van der Waals surface area contributed by atoms with Crippen molar-refractivity contribution in [2.75, 3.05) is 0 Å². The first kappa shape index (κ1) is 20.0. The zero-order chi connectivity index (χ0) is 20.5. The minimum atomic E-state index is 0.134. The van der Waals surface area contributed by atoms with E-state index in [0.29, 0.717) is 10.8 Å². The highest BCUT2D eigenvalue weighted by atomic mass is 35.5. The molecule has 1 aromatic heterocycles. The molecule has 3 aromatic rings. The number of carbonyl (C=O) groups excluding carboxylic acids is 1. The Hall–Kier alpha value is -2.33. The van der Waals surface area contributed by atoms with Gasteiger partial charge in [0.2, 0.25) is 0 Å². The molecule has 0 atom stereocenters. The van der Waals surface area contributed by atoms with Crippen molar-refractivity contribution >= 4 is 28.4 Å². The van der Waals surface area contributed by atoms with Crippen molar-refractivity contribution in [2.45, 2.75) is 52.1 Å². The number of hydrogen-bond donors (Lipinski definition) is 0. The van der Waals surface area contributed by atoms with Crippen LogP contribution in [0.25, 0.3) is 11.0 Å². The molecule has 4 rings (SSSR count). The molecule has 4 nitrogen and oxygen atoms in total. The molecule has 1 saturated carbocycles. The normalized spacial score (nSPS) is 19.4. The third-order valence-corrected chi connectivity index (χ3v) is 6.27. The van der Waals surface area contributed by atoms with Gasteiger partial charge in [-0.1, -0.05) is 41.4 Å². The first-order valence-electron chi connectivity index (χ1n) is 10.3. The summed E-state index contributed by atoms with van der Waals surface area (Å²) in [4.78, 5) is 16.4. The van der Waals surface area contributed by atoms with E-state index >= 15 is 0 Å². The van der Waals surface area contributed by atoms with Gasteiger partial charge in [0.25, 0.3) is 0 Å². The molecule has 1 aliphatic rings. The molecule has 1 heterocycles. The van der Waals surface area contributed by atoms with Crippen LogP contribution >= 0.6 is 11.6 Å². The van der Waals surface area contributed by atoms with E-state index in [1.807, 2.05) is 19.2 Å². The van der Waals surface area contributed by atoms with E-state index < -0.39 is 0 Å². The molecule has 0 spiro atoms. The fraction of sp³-hybridized carbons (Fsp3) is 0.417. The maximum absolute atomic E-state index is 11.6. The zero-order valence-electron chi connectivity index (χ0n) is 17.2. The van der Waals surface area contributed by atoms with Crippen molar-refractivity contribution in [2.24, 2.45) is 13.0 Å². The molecule has 0 unspecified atom stereocenters. The van der Waals surface area contributed by atoms with Gasteiger partial charge in [0.1, 0.15) is 17.4 Å². The van der Waals surface area contributed by atoms with Crippen molar-refractivity contribution in [3.63, 3.8) is 0 Å². The van der Waals surface area contributed by atoms with Crippen molar-refractivity contribution in [1.82, 2.24) is 9.55 Å². The van der Waals surface area contributed by atoms with E-state index in [1.54, 1.807) is 6.92 Å². The van der Waals surface area contributed by atoms with Gasteiger partial charge in [0.05, 0.1) is 22.2 Å². The van der Waals surface area contributed by atoms with Crippen LogP contribution in [0.4, 0.5) is 0 Å².